The molecule has 0 amide bonds. The average molecular weight is 231 g/mol. The fourth-order valence-electron chi connectivity index (χ4n) is 1.46. The SMILES string of the molecule is COc1cc(C#N)ccc1-n1cc[nH]c1=S. The predicted molar refractivity (Wildman–Crippen MR) is 62.2 cm³/mol. The van der Waals surface area contributed by atoms with E-state index in [1.807, 2.05) is 6.20 Å². The lowest BCUT2D eigenvalue weighted by Crippen LogP contribution is -1.97. The molecule has 1 aromatic carbocycles. The maximum atomic E-state index is 8.79. The summed E-state index contributed by atoms with van der Waals surface area (Å²) in [5, 5.41) is 8.79. The molecule has 0 aliphatic carbocycles. The molecule has 0 radical (unpaired) electrons. The van der Waals surface area contributed by atoms with E-state index in [1.54, 1.807) is 36.1 Å². The van der Waals surface area contributed by atoms with E-state index in [0.717, 1.165) is 5.69 Å². The fraction of sp³-hybridized carbons (Fsp3) is 0.0909. The van der Waals surface area contributed by atoms with Crippen molar-refractivity contribution in [2.24, 2.45) is 0 Å². The first-order chi connectivity index (χ1) is 7.76. The van der Waals surface area contributed by atoms with Crippen molar-refractivity contribution in [1.82, 2.24) is 9.55 Å². The molecule has 0 aliphatic rings. The van der Waals surface area contributed by atoms with E-state index in [2.05, 4.69) is 11.1 Å². The molecule has 0 unspecified atom stereocenters. The van der Waals surface area contributed by atoms with E-state index in [9.17, 15) is 0 Å². The van der Waals surface area contributed by atoms with Crippen LogP contribution in [0.5, 0.6) is 5.75 Å². The second kappa shape index (κ2) is 4.21. The summed E-state index contributed by atoms with van der Waals surface area (Å²) >= 11 is 5.12. The van der Waals surface area contributed by atoms with Crippen LogP contribution in [0, 0.1) is 16.1 Å². The van der Waals surface area contributed by atoms with E-state index >= 15 is 0 Å². The van der Waals surface area contributed by atoms with Gasteiger partial charge in [0.25, 0.3) is 0 Å². The molecule has 1 N–H and O–H groups in total. The van der Waals surface area contributed by atoms with E-state index < -0.39 is 0 Å². The lowest BCUT2D eigenvalue weighted by molar-refractivity contribution is 0.412. The molecule has 5 heteroatoms. The highest BCUT2D eigenvalue weighted by atomic mass is 32.1. The van der Waals surface area contributed by atoms with E-state index in [-0.39, 0.29) is 0 Å². The van der Waals surface area contributed by atoms with Crippen LogP contribution < -0.4 is 4.74 Å². The molecule has 0 spiro atoms. The summed E-state index contributed by atoms with van der Waals surface area (Å²) in [5.41, 5.74) is 1.37. The number of aromatic nitrogens is 2. The first kappa shape index (κ1) is 10.5. The molecule has 2 aromatic rings. The summed E-state index contributed by atoms with van der Waals surface area (Å²) in [4.78, 5) is 2.90. The number of nitrogens with zero attached hydrogens (tertiary/aromatic N) is 2. The van der Waals surface area contributed by atoms with Gasteiger partial charge in [0.15, 0.2) is 4.77 Å². The van der Waals surface area contributed by atoms with Gasteiger partial charge in [0, 0.05) is 18.5 Å². The van der Waals surface area contributed by atoms with Crippen LogP contribution in [0.3, 0.4) is 0 Å². The van der Waals surface area contributed by atoms with Crippen molar-refractivity contribution in [3.8, 4) is 17.5 Å². The zero-order valence-electron chi connectivity index (χ0n) is 8.60. The maximum absolute atomic E-state index is 8.79. The van der Waals surface area contributed by atoms with Crippen LogP contribution in [-0.4, -0.2) is 16.7 Å². The van der Waals surface area contributed by atoms with Crippen LogP contribution in [0.25, 0.3) is 5.69 Å². The smallest absolute Gasteiger partial charge is 0.181 e. The molecular weight excluding hydrogens is 222 g/mol. The number of nitriles is 1. The van der Waals surface area contributed by atoms with Gasteiger partial charge in [0.05, 0.1) is 24.4 Å². The Morgan fingerprint density at radius 2 is 2.31 bits per heavy atom. The van der Waals surface area contributed by atoms with Crippen LogP contribution >= 0.6 is 12.2 Å². The van der Waals surface area contributed by atoms with Gasteiger partial charge >= 0.3 is 0 Å². The van der Waals surface area contributed by atoms with E-state index in [0.29, 0.717) is 16.1 Å². The normalized spacial score (nSPS) is 9.75. The van der Waals surface area contributed by atoms with Gasteiger partial charge in [-0.2, -0.15) is 5.26 Å². The molecule has 1 aromatic heterocycles. The molecule has 1 heterocycles. The minimum Gasteiger partial charge on any atom is -0.495 e. The molecule has 0 bridgehead atoms. The minimum atomic E-state index is 0.558. The van der Waals surface area contributed by atoms with Crippen molar-refractivity contribution in [3.05, 3.63) is 40.9 Å². The molecule has 0 aliphatic heterocycles. The average Bonchev–Trinajstić information content (AvgIpc) is 2.74. The summed E-state index contributed by atoms with van der Waals surface area (Å²) in [6.45, 7) is 0. The Morgan fingerprint density at radius 1 is 1.50 bits per heavy atom. The number of hydrogen-bond donors (Lipinski definition) is 1. The van der Waals surface area contributed by atoms with Gasteiger partial charge in [-0.25, -0.2) is 0 Å². The van der Waals surface area contributed by atoms with Crippen LogP contribution in [0.1, 0.15) is 5.56 Å². The lowest BCUT2D eigenvalue weighted by atomic mass is 10.2. The first-order valence-corrected chi connectivity index (χ1v) is 5.01. The molecule has 0 atom stereocenters. The number of aromatic amines is 1. The Morgan fingerprint density at radius 3 is 2.88 bits per heavy atom. The standard InChI is InChI=1S/C11H9N3OS/c1-15-10-6-8(7-12)2-3-9(10)14-5-4-13-11(14)16/h2-6H,1H3,(H,13,16). The first-order valence-electron chi connectivity index (χ1n) is 4.61. The second-order valence-electron chi connectivity index (χ2n) is 3.13. The van der Waals surface area contributed by atoms with Crippen molar-refractivity contribution in [3.63, 3.8) is 0 Å². The van der Waals surface area contributed by atoms with Crippen molar-refractivity contribution in [1.29, 1.82) is 5.26 Å². The molecule has 0 fully saturated rings. The third-order valence-corrected chi connectivity index (χ3v) is 2.53. The molecule has 0 saturated heterocycles. The summed E-state index contributed by atoms with van der Waals surface area (Å²) in [5.74, 6) is 0.620. The van der Waals surface area contributed by atoms with Gasteiger partial charge in [-0.3, -0.25) is 4.57 Å². The highest BCUT2D eigenvalue weighted by Crippen LogP contribution is 2.24. The third kappa shape index (κ3) is 1.71. The highest BCUT2D eigenvalue weighted by Gasteiger charge is 2.06. The van der Waals surface area contributed by atoms with E-state index in [4.69, 9.17) is 22.2 Å². The largest absolute Gasteiger partial charge is 0.495 e. The van der Waals surface area contributed by atoms with E-state index in [1.165, 1.54) is 0 Å². The minimum absolute atomic E-state index is 0.558. The molecular formula is C11H9N3OS. The summed E-state index contributed by atoms with van der Waals surface area (Å²) in [6, 6.07) is 7.29. The number of methoxy groups -OCH3 is 1. The molecule has 2 rings (SSSR count). The van der Waals surface area contributed by atoms with Gasteiger partial charge in [0.1, 0.15) is 5.75 Å². The third-order valence-electron chi connectivity index (χ3n) is 2.22. The number of benzene rings is 1. The quantitative estimate of drug-likeness (QED) is 0.807. The number of H-pyrrole nitrogens is 1. The lowest BCUT2D eigenvalue weighted by Gasteiger charge is -2.08. The van der Waals surface area contributed by atoms with Gasteiger partial charge in [-0.05, 0) is 24.4 Å². The van der Waals surface area contributed by atoms with Crippen molar-refractivity contribution in [2.45, 2.75) is 0 Å². The topological polar surface area (TPSA) is 53.7 Å². The van der Waals surface area contributed by atoms with Crippen LogP contribution in [0.4, 0.5) is 0 Å². The van der Waals surface area contributed by atoms with Crippen LogP contribution in [0.2, 0.25) is 0 Å². The Labute approximate surface area is 97.7 Å². The Bertz CT molecular complexity index is 606. The number of nitrogens with one attached hydrogen (secondary N) is 1. The Kier molecular flexibility index (Phi) is 2.75. The fourth-order valence-corrected chi connectivity index (χ4v) is 1.68. The zero-order valence-corrected chi connectivity index (χ0v) is 9.41. The molecule has 0 saturated carbocycles. The maximum Gasteiger partial charge on any atom is 0.181 e. The number of hydrogen-bond acceptors (Lipinski definition) is 3. The van der Waals surface area contributed by atoms with Gasteiger partial charge in [0.2, 0.25) is 0 Å². The zero-order chi connectivity index (χ0) is 11.5. The number of rotatable bonds is 2. The number of imidazole rings is 1. The second-order valence-corrected chi connectivity index (χ2v) is 3.52. The predicted octanol–water partition coefficient (Wildman–Crippen LogP) is 2.42. The van der Waals surface area contributed by atoms with Crippen molar-refractivity contribution in [2.75, 3.05) is 7.11 Å². The summed E-state index contributed by atoms with van der Waals surface area (Å²) in [7, 11) is 1.57. The highest BCUT2D eigenvalue weighted by molar-refractivity contribution is 7.71. The Hall–Kier alpha value is -2.06. The van der Waals surface area contributed by atoms with Gasteiger partial charge in [-0.1, -0.05) is 0 Å². The summed E-state index contributed by atoms with van der Waals surface area (Å²) in [6.07, 6.45) is 3.56. The van der Waals surface area contributed by atoms with Crippen LogP contribution in [0.15, 0.2) is 30.6 Å². The van der Waals surface area contributed by atoms with Gasteiger partial charge in [-0.15, -0.1) is 0 Å². The number of ether oxygens (including phenoxy) is 1. The van der Waals surface area contributed by atoms with Crippen molar-refractivity contribution < 1.29 is 4.74 Å². The molecule has 4 nitrogen and oxygen atoms in total. The summed E-state index contributed by atoms with van der Waals surface area (Å²) < 4.78 is 7.61. The van der Waals surface area contributed by atoms with Crippen LogP contribution in [-0.2, 0) is 0 Å². The molecule has 16 heavy (non-hydrogen) atoms. The van der Waals surface area contributed by atoms with Gasteiger partial charge < -0.3 is 9.72 Å². The van der Waals surface area contributed by atoms with Crippen molar-refractivity contribution >= 4 is 12.2 Å². The monoisotopic (exact) mass is 231 g/mol. The molecule has 80 valence electrons. The Balaban J connectivity index is 2.63.